The van der Waals surface area contributed by atoms with E-state index in [-0.39, 0.29) is 5.91 Å². The van der Waals surface area contributed by atoms with Crippen LogP contribution in [0.15, 0.2) is 60.8 Å². The average molecular weight is 345 g/mol. The minimum atomic E-state index is -0.216. The number of benzene rings is 2. The fourth-order valence-corrected chi connectivity index (χ4v) is 2.68. The maximum Gasteiger partial charge on any atom is 0.255 e. The number of anilines is 1. The molecule has 0 unspecified atom stereocenters. The summed E-state index contributed by atoms with van der Waals surface area (Å²) in [5.41, 5.74) is 4.11. The molecular formula is C19H15N5O2. The van der Waals surface area contributed by atoms with Crippen LogP contribution in [0.1, 0.15) is 10.4 Å². The summed E-state index contributed by atoms with van der Waals surface area (Å²) in [4.78, 5) is 16.9. The van der Waals surface area contributed by atoms with Crippen LogP contribution in [0.25, 0.3) is 22.3 Å². The first-order chi connectivity index (χ1) is 12.7. The lowest BCUT2D eigenvalue weighted by Gasteiger charge is -2.10. The number of pyridine rings is 1. The second-order valence-corrected chi connectivity index (χ2v) is 5.63. The zero-order valence-corrected chi connectivity index (χ0v) is 13.9. The van der Waals surface area contributed by atoms with E-state index in [0.717, 1.165) is 11.1 Å². The molecule has 0 aliphatic rings. The van der Waals surface area contributed by atoms with Gasteiger partial charge < -0.3 is 10.1 Å². The van der Waals surface area contributed by atoms with Gasteiger partial charge in [-0.05, 0) is 35.9 Å². The van der Waals surface area contributed by atoms with Gasteiger partial charge in [-0.1, -0.05) is 24.3 Å². The molecule has 0 atom stereocenters. The molecular weight excluding hydrogens is 330 g/mol. The second-order valence-electron chi connectivity index (χ2n) is 5.63. The summed E-state index contributed by atoms with van der Waals surface area (Å²) in [6.45, 7) is 0. The molecule has 2 aromatic heterocycles. The zero-order chi connectivity index (χ0) is 17.9. The Balaban J connectivity index is 1.63. The standard InChI is InChI=1S/C19H15N5O2/c1-26-17-8-3-2-7-15(17)21-19(25)13-6-4-5-12(9-13)14-10-16-18(20-11-14)23-24-22-16/h2-11H,1H3,(H,21,25)(H,20,22,23,24). The topological polar surface area (TPSA) is 92.8 Å². The molecule has 128 valence electrons. The van der Waals surface area contributed by atoms with E-state index in [9.17, 15) is 4.79 Å². The molecule has 0 spiro atoms. The summed E-state index contributed by atoms with van der Waals surface area (Å²) >= 11 is 0. The molecule has 26 heavy (non-hydrogen) atoms. The van der Waals surface area contributed by atoms with Gasteiger partial charge in [0.2, 0.25) is 5.65 Å². The molecule has 7 heteroatoms. The van der Waals surface area contributed by atoms with Gasteiger partial charge in [0.15, 0.2) is 0 Å². The number of hydrogen-bond acceptors (Lipinski definition) is 5. The normalized spacial score (nSPS) is 10.7. The summed E-state index contributed by atoms with van der Waals surface area (Å²) in [6, 6.07) is 16.5. The van der Waals surface area contributed by atoms with Crippen molar-refractivity contribution in [2.24, 2.45) is 0 Å². The van der Waals surface area contributed by atoms with E-state index in [2.05, 4.69) is 25.7 Å². The number of para-hydroxylation sites is 2. The van der Waals surface area contributed by atoms with Crippen molar-refractivity contribution >= 4 is 22.8 Å². The first-order valence-corrected chi connectivity index (χ1v) is 7.96. The number of H-pyrrole nitrogens is 1. The van der Waals surface area contributed by atoms with Crippen LogP contribution in [-0.4, -0.2) is 33.4 Å². The van der Waals surface area contributed by atoms with E-state index < -0.39 is 0 Å². The predicted molar refractivity (Wildman–Crippen MR) is 98.1 cm³/mol. The summed E-state index contributed by atoms with van der Waals surface area (Å²) in [5.74, 6) is 0.393. The number of nitrogens with one attached hydrogen (secondary N) is 2. The van der Waals surface area contributed by atoms with E-state index in [1.165, 1.54) is 0 Å². The molecule has 7 nitrogen and oxygen atoms in total. The van der Waals surface area contributed by atoms with Gasteiger partial charge in [-0.25, -0.2) is 4.98 Å². The summed E-state index contributed by atoms with van der Waals surface area (Å²) < 4.78 is 5.27. The highest BCUT2D eigenvalue weighted by atomic mass is 16.5. The Hall–Kier alpha value is -3.74. The van der Waals surface area contributed by atoms with Crippen molar-refractivity contribution in [1.82, 2.24) is 20.4 Å². The third-order valence-electron chi connectivity index (χ3n) is 3.99. The van der Waals surface area contributed by atoms with E-state index >= 15 is 0 Å². The highest BCUT2D eigenvalue weighted by Crippen LogP contribution is 2.25. The molecule has 0 aliphatic carbocycles. The SMILES string of the molecule is COc1ccccc1NC(=O)c1cccc(-c2cnc3n[nH]nc3c2)c1. The largest absolute Gasteiger partial charge is 0.495 e. The summed E-state index contributed by atoms with van der Waals surface area (Å²) in [5, 5.41) is 13.4. The van der Waals surface area contributed by atoms with Gasteiger partial charge in [0.25, 0.3) is 5.91 Å². The lowest BCUT2D eigenvalue weighted by molar-refractivity contribution is 0.102. The Morgan fingerprint density at radius 1 is 1.04 bits per heavy atom. The molecule has 2 N–H and O–H groups in total. The van der Waals surface area contributed by atoms with Crippen molar-refractivity contribution in [3.05, 3.63) is 66.4 Å². The highest BCUT2D eigenvalue weighted by molar-refractivity contribution is 6.05. The Bertz CT molecular complexity index is 1090. The van der Waals surface area contributed by atoms with Crippen LogP contribution < -0.4 is 10.1 Å². The van der Waals surface area contributed by atoms with Crippen molar-refractivity contribution in [3.8, 4) is 16.9 Å². The van der Waals surface area contributed by atoms with Gasteiger partial charge in [0, 0.05) is 17.3 Å². The van der Waals surface area contributed by atoms with Gasteiger partial charge >= 0.3 is 0 Å². The number of fused-ring (bicyclic) bond motifs is 1. The monoisotopic (exact) mass is 345 g/mol. The number of aromatic amines is 1. The van der Waals surface area contributed by atoms with Gasteiger partial charge in [-0.15, -0.1) is 5.10 Å². The van der Waals surface area contributed by atoms with Crippen LogP contribution in [-0.2, 0) is 0 Å². The summed E-state index contributed by atoms with van der Waals surface area (Å²) in [7, 11) is 1.57. The Kier molecular flexibility index (Phi) is 4.03. The third-order valence-corrected chi connectivity index (χ3v) is 3.99. The Labute approximate surface area is 149 Å². The zero-order valence-electron chi connectivity index (χ0n) is 13.9. The number of amides is 1. The lowest BCUT2D eigenvalue weighted by atomic mass is 10.0. The van der Waals surface area contributed by atoms with Crippen molar-refractivity contribution in [1.29, 1.82) is 0 Å². The molecule has 0 radical (unpaired) electrons. The van der Waals surface area contributed by atoms with E-state index in [1.54, 1.807) is 31.5 Å². The molecule has 4 aromatic rings. The van der Waals surface area contributed by atoms with Gasteiger partial charge in [-0.3, -0.25) is 4.79 Å². The Morgan fingerprint density at radius 2 is 1.92 bits per heavy atom. The maximum atomic E-state index is 12.6. The Morgan fingerprint density at radius 3 is 2.81 bits per heavy atom. The van der Waals surface area contributed by atoms with Crippen LogP contribution in [0, 0.1) is 0 Å². The summed E-state index contributed by atoms with van der Waals surface area (Å²) in [6.07, 6.45) is 1.71. The van der Waals surface area contributed by atoms with Crippen LogP contribution in [0.4, 0.5) is 5.69 Å². The van der Waals surface area contributed by atoms with Crippen LogP contribution in [0.2, 0.25) is 0 Å². The van der Waals surface area contributed by atoms with Gasteiger partial charge in [0.1, 0.15) is 11.3 Å². The number of rotatable bonds is 4. The van der Waals surface area contributed by atoms with Crippen molar-refractivity contribution in [2.75, 3.05) is 12.4 Å². The van der Waals surface area contributed by atoms with E-state index in [0.29, 0.717) is 28.2 Å². The minimum Gasteiger partial charge on any atom is -0.495 e. The second kappa shape index (κ2) is 6.64. The fraction of sp³-hybridized carbons (Fsp3) is 0.0526. The predicted octanol–water partition coefficient (Wildman–Crippen LogP) is 3.28. The molecule has 1 amide bonds. The first kappa shape index (κ1) is 15.8. The van der Waals surface area contributed by atoms with E-state index in [1.807, 2.05) is 36.4 Å². The van der Waals surface area contributed by atoms with Gasteiger partial charge in [-0.2, -0.15) is 10.3 Å². The molecule has 0 aliphatic heterocycles. The number of ether oxygens (including phenoxy) is 1. The van der Waals surface area contributed by atoms with Crippen molar-refractivity contribution in [2.45, 2.75) is 0 Å². The van der Waals surface area contributed by atoms with Crippen LogP contribution in [0.5, 0.6) is 5.75 Å². The quantitative estimate of drug-likeness (QED) is 0.592. The van der Waals surface area contributed by atoms with Crippen LogP contribution in [0.3, 0.4) is 0 Å². The fourth-order valence-electron chi connectivity index (χ4n) is 2.68. The van der Waals surface area contributed by atoms with E-state index in [4.69, 9.17) is 4.74 Å². The van der Waals surface area contributed by atoms with Crippen molar-refractivity contribution in [3.63, 3.8) is 0 Å². The third kappa shape index (κ3) is 2.98. The smallest absolute Gasteiger partial charge is 0.255 e. The number of carbonyl (C=O) groups excluding carboxylic acids is 1. The number of aromatic nitrogens is 4. The molecule has 0 saturated heterocycles. The lowest BCUT2D eigenvalue weighted by Crippen LogP contribution is -2.12. The molecule has 0 bridgehead atoms. The first-order valence-electron chi connectivity index (χ1n) is 7.96. The van der Waals surface area contributed by atoms with Gasteiger partial charge in [0.05, 0.1) is 12.8 Å². The minimum absolute atomic E-state index is 0.216. The van der Waals surface area contributed by atoms with Crippen molar-refractivity contribution < 1.29 is 9.53 Å². The molecule has 4 rings (SSSR count). The maximum absolute atomic E-state index is 12.6. The number of carbonyl (C=O) groups is 1. The average Bonchev–Trinajstić information content (AvgIpc) is 3.16. The molecule has 0 fully saturated rings. The molecule has 0 saturated carbocycles. The van der Waals surface area contributed by atoms with Crippen LogP contribution >= 0.6 is 0 Å². The number of methoxy groups -OCH3 is 1. The number of hydrogen-bond donors (Lipinski definition) is 2. The molecule has 2 heterocycles. The molecule has 2 aromatic carbocycles. The number of nitrogens with zero attached hydrogens (tertiary/aromatic N) is 3. The highest BCUT2D eigenvalue weighted by Gasteiger charge is 2.11.